The van der Waals surface area contributed by atoms with E-state index in [9.17, 15) is 13.7 Å². The summed E-state index contributed by atoms with van der Waals surface area (Å²) in [5, 5.41) is 13.7. The second kappa shape index (κ2) is 7.82. The summed E-state index contributed by atoms with van der Waals surface area (Å²) >= 11 is 0. The van der Waals surface area contributed by atoms with Gasteiger partial charge in [0.05, 0.1) is 12.3 Å². The number of benzene rings is 2. The maximum absolute atomic E-state index is 11.9. The highest BCUT2D eigenvalue weighted by molar-refractivity contribution is 7.88. The van der Waals surface area contributed by atoms with Gasteiger partial charge in [-0.05, 0) is 42.0 Å². The summed E-state index contributed by atoms with van der Waals surface area (Å²) in [7, 11) is -3.36. The van der Waals surface area contributed by atoms with E-state index in [-0.39, 0.29) is 12.1 Å². The van der Waals surface area contributed by atoms with Crippen molar-refractivity contribution in [3.63, 3.8) is 0 Å². The van der Waals surface area contributed by atoms with Crippen LogP contribution in [0, 0.1) is 11.3 Å². The van der Waals surface area contributed by atoms with Gasteiger partial charge in [0.2, 0.25) is 10.0 Å². The summed E-state index contributed by atoms with van der Waals surface area (Å²) in [5.74, 6) is 0. The lowest BCUT2D eigenvalue weighted by molar-refractivity contribution is 0.299. The third-order valence-electron chi connectivity index (χ3n) is 5.26. The van der Waals surface area contributed by atoms with E-state index in [1.807, 2.05) is 35.0 Å². The van der Waals surface area contributed by atoms with Crippen molar-refractivity contribution in [2.45, 2.75) is 31.3 Å². The maximum atomic E-state index is 11.9. The summed E-state index contributed by atoms with van der Waals surface area (Å²) in [5.41, 5.74) is 4.68. The number of nitriles is 1. The van der Waals surface area contributed by atoms with E-state index in [1.165, 1.54) is 6.26 Å². The zero-order valence-corrected chi connectivity index (χ0v) is 16.9. The highest BCUT2D eigenvalue weighted by Gasteiger charge is 2.32. The molecule has 1 N–H and O–H groups in total. The molecule has 2 aromatic carbocycles. The lowest BCUT2D eigenvalue weighted by Crippen LogP contribution is -2.45. The first kappa shape index (κ1) is 19.4. The van der Waals surface area contributed by atoms with Gasteiger partial charge in [-0.15, -0.1) is 0 Å². The minimum absolute atomic E-state index is 0.193. The molecule has 4 rings (SSSR count). The van der Waals surface area contributed by atoms with Gasteiger partial charge in [-0.2, -0.15) is 10.4 Å². The number of hydrogen-bond donors (Lipinski definition) is 1. The predicted octanol–water partition coefficient (Wildman–Crippen LogP) is 3.07. The molecule has 0 aliphatic carbocycles. The molecular weight excluding hydrogens is 384 g/mol. The monoisotopic (exact) mass is 406 g/mol. The summed E-state index contributed by atoms with van der Waals surface area (Å²) < 4.78 is 28.4. The van der Waals surface area contributed by atoms with E-state index in [0.29, 0.717) is 25.0 Å². The Morgan fingerprint density at radius 1 is 1.14 bits per heavy atom. The molecule has 0 bridgehead atoms. The molecule has 2 heterocycles. The Labute approximate surface area is 170 Å². The van der Waals surface area contributed by atoms with Gasteiger partial charge in [0.25, 0.3) is 0 Å². The molecule has 148 valence electrons. The number of nitrogens with one attached hydrogen (secondary N) is 1. The fourth-order valence-electron chi connectivity index (χ4n) is 4.02. The van der Waals surface area contributed by atoms with Crippen molar-refractivity contribution in [1.29, 1.82) is 5.26 Å². The average Bonchev–Trinajstić information content (AvgIpc) is 3.13. The van der Waals surface area contributed by atoms with Crippen LogP contribution in [0.1, 0.15) is 29.4 Å². The van der Waals surface area contributed by atoms with E-state index in [4.69, 9.17) is 0 Å². The quantitative estimate of drug-likeness (QED) is 0.705. The van der Waals surface area contributed by atoms with Gasteiger partial charge >= 0.3 is 0 Å². The van der Waals surface area contributed by atoms with Crippen molar-refractivity contribution in [2.75, 3.05) is 6.26 Å². The van der Waals surface area contributed by atoms with Gasteiger partial charge in [-0.1, -0.05) is 54.6 Å². The van der Waals surface area contributed by atoms with Crippen LogP contribution in [0.15, 0.2) is 60.7 Å². The minimum atomic E-state index is -3.36. The van der Waals surface area contributed by atoms with Crippen LogP contribution in [0.5, 0.6) is 0 Å². The smallest absolute Gasteiger partial charge is 0.209 e. The number of aromatic nitrogens is 2. The van der Waals surface area contributed by atoms with E-state index in [1.54, 1.807) is 6.07 Å². The Balaban J connectivity index is 1.69. The summed E-state index contributed by atoms with van der Waals surface area (Å²) in [6.45, 7) is 0. The Morgan fingerprint density at radius 3 is 2.62 bits per heavy atom. The normalized spacial score (nSPS) is 18.8. The SMILES string of the molecule is CS(=O)(=O)NC1CCc2cc(C#N)nn2C1Cc1cccc(-c2ccccc2)c1. The molecule has 2 atom stereocenters. The standard InChI is InChI=1S/C22H22N4O2S/c1-29(27,28)25-21-11-10-20-14-19(15-23)24-26(20)22(21)13-16-6-5-9-18(12-16)17-7-3-2-4-8-17/h2-9,12,14,21-22,25H,10-11,13H2,1H3. The van der Waals surface area contributed by atoms with Crippen LogP contribution in [0.4, 0.5) is 0 Å². The molecule has 0 saturated carbocycles. The van der Waals surface area contributed by atoms with Crippen LogP contribution < -0.4 is 4.72 Å². The summed E-state index contributed by atoms with van der Waals surface area (Å²) in [4.78, 5) is 0. The molecule has 6 nitrogen and oxygen atoms in total. The Morgan fingerprint density at radius 2 is 1.90 bits per heavy atom. The molecule has 1 aromatic heterocycles. The first-order chi connectivity index (χ1) is 13.9. The predicted molar refractivity (Wildman–Crippen MR) is 112 cm³/mol. The van der Waals surface area contributed by atoms with Gasteiger partial charge in [0, 0.05) is 11.7 Å². The molecular formula is C22H22N4O2S. The highest BCUT2D eigenvalue weighted by Crippen LogP contribution is 2.30. The molecule has 3 aromatic rings. The van der Waals surface area contributed by atoms with Gasteiger partial charge < -0.3 is 0 Å². The summed E-state index contributed by atoms with van der Waals surface area (Å²) in [6.07, 6.45) is 3.15. The number of fused-ring (bicyclic) bond motifs is 1. The number of aryl methyl sites for hydroxylation is 1. The molecule has 0 amide bonds. The highest BCUT2D eigenvalue weighted by atomic mass is 32.2. The van der Waals surface area contributed by atoms with Crippen LogP contribution in [0.3, 0.4) is 0 Å². The first-order valence-electron chi connectivity index (χ1n) is 9.53. The van der Waals surface area contributed by atoms with Gasteiger partial charge in [-0.25, -0.2) is 13.1 Å². The maximum Gasteiger partial charge on any atom is 0.209 e. The number of rotatable bonds is 5. The molecule has 0 saturated heterocycles. The number of hydrogen-bond acceptors (Lipinski definition) is 4. The van der Waals surface area contributed by atoms with Crippen molar-refractivity contribution in [2.24, 2.45) is 0 Å². The van der Waals surface area contributed by atoms with E-state index in [2.05, 4.69) is 40.2 Å². The van der Waals surface area contributed by atoms with Gasteiger partial charge in [0.15, 0.2) is 5.69 Å². The molecule has 0 fully saturated rings. The average molecular weight is 407 g/mol. The third kappa shape index (κ3) is 4.39. The van der Waals surface area contributed by atoms with Crippen LogP contribution in [-0.2, 0) is 22.9 Å². The first-order valence-corrected chi connectivity index (χ1v) is 11.4. The van der Waals surface area contributed by atoms with Gasteiger partial charge in [0.1, 0.15) is 6.07 Å². The van der Waals surface area contributed by atoms with E-state index >= 15 is 0 Å². The lowest BCUT2D eigenvalue weighted by atomic mass is 9.91. The Hall–Kier alpha value is -2.95. The van der Waals surface area contributed by atoms with Crippen LogP contribution >= 0.6 is 0 Å². The molecule has 1 aliphatic heterocycles. The minimum Gasteiger partial charge on any atom is -0.263 e. The lowest BCUT2D eigenvalue weighted by Gasteiger charge is -2.33. The number of nitrogens with zero attached hydrogens (tertiary/aromatic N) is 3. The zero-order chi connectivity index (χ0) is 20.4. The van der Waals surface area contributed by atoms with Crippen molar-refractivity contribution in [1.82, 2.24) is 14.5 Å². The van der Waals surface area contributed by atoms with Crippen molar-refractivity contribution >= 4 is 10.0 Å². The third-order valence-corrected chi connectivity index (χ3v) is 5.99. The molecule has 0 spiro atoms. The largest absolute Gasteiger partial charge is 0.263 e. The number of sulfonamides is 1. The van der Waals surface area contributed by atoms with E-state index < -0.39 is 10.0 Å². The molecule has 7 heteroatoms. The zero-order valence-electron chi connectivity index (χ0n) is 16.1. The fraction of sp³-hybridized carbons (Fsp3) is 0.273. The molecule has 0 radical (unpaired) electrons. The molecule has 2 unspecified atom stereocenters. The molecule has 1 aliphatic rings. The Kier molecular flexibility index (Phi) is 5.22. The van der Waals surface area contributed by atoms with Crippen LogP contribution in [0.25, 0.3) is 11.1 Å². The summed E-state index contributed by atoms with van der Waals surface area (Å²) in [6, 6.07) is 21.8. The molecule has 29 heavy (non-hydrogen) atoms. The van der Waals surface area contributed by atoms with Crippen molar-refractivity contribution in [3.8, 4) is 17.2 Å². The second-order valence-corrected chi connectivity index (χ2v) is 9.23. The van der Waals surface area contributed by atoms with Crippen molar-refractivity contribution < 1.29 is 8.42 Å². The second-order valence-electron chi connectivity index (χ2n) is 7.45. The fourth-order valence-corrected chi connectivity index (χ4v) is 4.84. The van der Waals surface area contributed by atoms with Crippen LogP contribution in [-0.4, -0.2) is 30.5 Å². The topological polar surface area (TPSA) is 87.8 Å². The van der Waals surface area contributed by atoms with E-state index in [0.717, 1.165) is 22.4 Å². The van der Waals surface area contributed by atoms with Crippen molar-refractivity contribution in [3.05, 3.63) is 77.6 Å². The van der Waals surface area contributed by atoms with Crippen LogP contribution in [0.2, 0.25) is 0 Å². The van der Waals surface area contributed by atoms with Gasteiger partial charge in [-0.3, -0.25) is 4.68 Å². The Bertz CT molecular complexity index is 1160.